The third-order valence-electron chi connectivity index (χ3n) is 3.13. The maximum atomic E-state index is 12.3. The second kappa shape index (κ2) is 5.66. The lowest BCUT2D eigenvalue weighted by molar-refractivity contribution is -0.385. The summed E-state index contributed by atoms with van der Waals surface area (Å²) in [5.74, 6) is -0.0601. The zero-order chi connectivity index (χ0) is 15.6. The summed E-state index contributed by atoms with van der Waals surface area (Å²) in [4.78, 5) is 24.0. The van der Waals surface area contributed by atoms with Crippen molar-refractivity contribution in [3.63, 3.8) is 0 Å². The van der Waals surface area contributed by atoms with Gasteiger partial charge in [0.2, 0.25) is 0 Å². The highest BCUT2D eigenvalue weighted by Crippen LogP contribution is 2.25. The van der Waals surface area contributed by atoms with E-state index in [1.807, 2.05) is 0 Å². The largest absolute Gasteiger partial charge is 0.508 e. The molecule has 0 spiro atoms. The summed E-state index contributed by atoms with van der Waals surface area (Å²) in [5, 5.41) is 20.4. The summed E-state index contributed by atoms with van der Waals surface area (Å²) in [7, 11) is 1.53. The minimum absolute atomic E-state index is 0.149. The summed E-state index contributed by atoms with van der Waals surface area (Å²) in [6.45, 7) is 2.03. The molecule has 0 aliphatic carbocycles. The molecule has 7 heteroatoms. The average molecular weight is 290 g/mol. The molecule has 1 N–H and O–H groups in total. The van der Waals surface area contributed by atoms with Crippen molar-refractivity contribution in [2.45, 2.75) is 13.5 Å². The topological polar surface area (TPSA) is 96.8 Å². The highest BCUT2D eigenvalue weighted by atomic mass is 16.6. The number of benzene rings is 1. The summed E-state index contributed by atoms with van der Waals surface area (Å²) >= 11 is 0. The van der Waals surface area contributed by atoms with Crippen LogP contribution in [0.4, 0.5) is 5.69 Å². The molecule has 0 bridgehead atoms. The van der Waals surface area contributed by atoms with Crippen LogP contribution in [0.25, 0.3) is 0 Å². The summed E-state index contributed by atoms with van der Waals surface area (Å²) in [5.41, 5.74) is 0.325. The number of phenols is 1. The van der Waals surface area contributed by atoms with Crippen LogP contribution in [0, 0.1) is 17.0 Å². The van der Waals surface area contributed by atoms with E-state index in [2.05, 4.69) is 0 Å². The van der Waals surface area contributed by atoms with Gasteiger partial charge in [-0.3, -0.25) is 14.9 Å². The van der Waals surface area contributed by atoms with Crippen molar-refractivity contribution in [2.24, 2.45) is 0 Å². The van der Waals surface area contributed by atoms with Crippen molar-refractivity contribution in [1.82, 2.24) is 4.90 Å². The Morgan fingerprint density at radius 2 is 2.14 bits per heavy atom. The first kappa shape index (κ1) is 14.6. The predicted molar refractivity (Wildman–Crippen MR) is 74.0 cm³/mol. The zero-order valence-electron chi connectivity index (χ0n) is 11.6. The molecular weight excluding hydrogens is 276 g/mol. The van der Waals surface area contributed by atoms with Gasteiger partial charge in [-0.1, -0.05) is 0 Å². The molecule has 1 aromatic carbocycles. The Morgan fingerprint density at radius 1 is 1.43 bits per heavy atom. The molecule has 1 heterocycles. The minimum Gasteiger partial charge on any atom is -0.508 e. The van der Waals surface area contributed by atoms with Crippen LogP contribution in [0.5, 0.6) is 5.75 Å². The SMILES string of the molecule is Cc1occc1CN(C)C(=O)c1cc(O)ccc1[N+](=O)[O-]. The monoisotopic (exact) mass is 290 g/mol. The maximum absolute atomic E-state index is 12.3. The molecule has 7 nitrogen and oxygen atoms in total. The van der Waals surface area contributed by atoms with Gasteiger partial charge < -0.3 is 14.4 Å². The van der Waals surface area contributed by atoms with Gasteiger partial charge in [0.15, 0.2) is 0 Å². The highest BCUT2D eigenvalue weighted by Gasteiger charge is 2.24. The van der Waals surface area contributed by atoms with E-state index < -0.39 is 10.8 Å². The fraction of sp³-hybridized carbons (Fsp3) is 0.214. The van der Waals surface area contributed by atoms with Gasteiger partial charge in [-0.2, -0.15) is 0 Å². The maximum Gasteiger partial charge on any atom is 0.282 e. The summed E-state index contributed by atoms with van der Waals surface area (Å²) < 4.78 is 5.15. The minimum atomic E-state index is -0.649. The number of carbonyl (C=O) groups is 1. The third-order valence-corrected chi connectivity index (χ3v) is 3.13. The lowest BCUT2D eigenvalue weighted by Gasteiger charge is -2.17. The molecule has 21 heavy (non-hydrogen) atoms. The van der Waals surface area contributed by atoms with Crippen LogP contribution in [0.2, 0.25) is 0 Å². The number of rotatable bonds is 4. The number of nitro groups is 1. The smallest absolute Gasteiger partial charge is 0.282 e. The fourth-order valence-electron chi connectivity index (χ4n) is 1.96. The summed E-state index contributed by atoms with van der Waals surface area (Å²) in [6.07, 6.45) is 1.51. The molecule has 0 fully saturated rings. The first-order chi connectivity index (χ1) is 9.90. The Kier molecular flexibility index (Phi) is 3.93. The predicted octanol–water partition coefficient (Wildman–Crippen LogP) is 2.47. The molecule has 0 saturated heterocycles. The van der Waals surface area contributed by atoms with Gasteiger partial charge in [0.25, 0.3) is 11.6 Å². The zero-order valence-corrected chi connectivity index (χ0v) is 11.6. The van der Waals surface area contributed by atoms with Gasteiger partial charge in [0.05, 0.1) is 11.2 Å². The van der Waals surface area contributed by atoms with Crippen LogP contribution in [0.1, 0.15) is 21.7 Å². The Hall–Kier alpha value is -2.83. The van der Waals surface area contributed by atoms with Gasteiger partial charge in [0.1, 0.15) is 17.1 Å². The van der Waals surface area contributed by atoms with Gasteiger partial charge in [-0.05, 0) is 25.1 Å². The van der Waals surface area contributed by atoms with Crippen molar-refractivity contribution in [3.8, 4) is 5.75 Å². The number of furan rings is 1. The number of aryl methyl sites for hydroxylation is 1. The number of phenolic OH excluding ortho intramolecular Hbond substituents is 1. The molecule has 0 saturated carbocycles. The van der Waals surface area contributed by atoms with Gasteiger partial charge >= 0.3 is 0 Å². The number of nitro benzene ring substituents is 1. The number of hydrogen-bond donors (Lipinski definition) is 1. The third kappa shape index (κ3) is 3.02. The molecule has 1 aromatic heterocycles. The number of carbonyl (C=O) groups excluding carboxylic acids is 1. The van der Waals surface area contributed by atoms with Crippen molar-refractivity contribution < 1.29 is 19.2 Å². The number of amides is 1. The van der Waals surface area contributed by atoms with Crippen LogP contribution < -0.4 is 0 Å². The van der Waals surface area contributed by atoms with Gasteiger partial charge in [0, 0.05) is 25.2 Å². The van der Waals surface area contributed by atoms with Crippen LogP contribution in [0.15, 0.2) is 34.9 Å². The second-order valence-electron chi connectivity index (χ2n) is 4.62. The second-order valence-corrected chi connectivity index (χ2v) is 4.62. The van der Waals surface area contributed by atoms with Gasteiger partial charge in [-0.15, -0.1) is 0 Å². The van der Waals surface area contributed by atoms with E-state index in [1.165, 1.54) is 24.3 Å². The molecule has 0 radical (unpaired) electrons. The first-order valence-corrected chi connectivity index (χ1v) is 6.16. The Bertz CT molecular complexity index is 692. The average Bonchev–Trinajstić information content (AvgIpc) is 2.83. The van der Waals surface area contributed by atoms with Crippen molar-refractivity contribution >= 4 is 11.6 Å². The molecule has 2 rings (SSSR count). The van der Waals surface area contributed by atoms with Crippen molar-refractivity contribution in [2.75, 3.05) is 7.05 Å². The number of aromatic hydroxyl groups is 1. The van der Waals surface area contributed by atoms with Crippen LogP contribution >= 0.6 is 0 Å². The lowest BCUT2D eigenvalue weighted by atomic mass is 10.1. The normalized spacial score (nSPS) is 10.4. The molecule has 0 unspecified atom stereocenters. The van der Waals surface area contributed by atoms with E-state index in [0.717, 1.165) is 17.7 Å². The van der Waals surface area contributed by atoms with Crippen LogP contribution in [-0.4, -0.2) is 27.9 Å². The molecule has 2 aromatic rings. The van der Waals surface area contributed by atoms with E-state index in [-0.39, 0.29) is 23.5 Å². The lowest BCUT2D eigenvalue weighted by Crippen LogP contribution is -2.27. The Balaban J connectivity index is 2.29. The Morgan fingerprint density at radius 3 is 2.71 bits per heavy atom. The van der Waals surface area contributed by atoms with E-state index >= 15 is 0 Å². The first-order valence-electron chi connectivity index (χ1n) is 6.16. The van der Waals surface area contributed by atoms with Gasteiger partial charge in [-0.25, -0.2) is 0 Å². The standard InChI is InChI=1S/C14H14N2O5/c1-9-10(5-6-21-9)8-15(2)14(18)12-7-11(17)3-4-13(12)16(19)20/h3-7,17H,8H2,1-2H3. The van der Waals surface area contributed by atoms with Crippen molar-refractivity contribution in [1.29, 1.82) is 0 Å². The highest BCUT2D eigenvalue weighted by molar-refractivity contribution is 5.98. The molecule has 0 aliphatic heterocycles. The Labute approximate surface area is 120 Å². The van der Waals surface area contributed by atoms with E-state index in [0.29, 0.717) is 5.76 Å². The van der Waals surface area contributed by atoms with Crippen LogP contribution in [0.3, 0.4) is 0 Å². The molecule has 0 aliphatic rings. The quantitative estimate of drug-likeness (QED) is 0.689. The number of hydrogen-bond acceptors (Lipinski definition) is 5. The van der Waals surface area contributed by atoms with Crippen LogP contribution in [-0.2, 0) is 6.54 Å². The molecule has 1 amide bonds. The molecule has 0 atom stereocenters. The fourth-order valence-corrected chi connectivity index (χ4v) is 1.96. The number of nitrogens with zero attached hydrogens (tertiary/aromatic N) is 2. The molecular formula is C14H14N2O5. The van der Waals surface area contributed by atoms with E-state index in [9.17, 15) is 20.0 Å². The van der Waals surface area contributed by atoms with E-state index in [1.54, 1.807) is 13.0 Å². The molecule has 110 valence electrons. The van der Waals surface area contributed by atoms with E-state index in [4.69, 9.17) is 4.42 Å². The van der Waals surface area contributed by atoms with Crippen molar-refractivity contribution in [3.05, 3.63) is 57.5 Å². The summed E-state index contributed by atoms with van der Waals surface area (Å²) in [6, 6.07) is 5.11.